The topological polar surface area (TPSA) is 24.5 Å². The Kier molecular flexibility index (Phi) is 4.58. The van der Waals surface area contributed by atoms with Crippen molar-refractivity contribution in [3.05, 3.63) is 0 Å². The van der Waals surface area contributed by atoms with Crippen molar-refractivity contribution < 1.29 is 4.74 Å². The summed E-state index contributed by atoms with van der Waals surface area (Å²) in [5, 5.41) is 3.29. The molecule has 0 aliphatic carbocycles. The molecule has 0 bridgehead atoms. The molecule has 1 aliphatic heterocycles. The molecule has 1 unspecified atom stereocenters. The molecule has 1 atom stereocenters. The van der Waals surface area contributed by atoms with Crippen LogP contribution in [0.1, 0.15) is 26.2 Å². The van der Waals surface area contributed by atoms with Crippen LogP contribution < -0.4 is 5.32 Å². The minimum Gasteiger partial charge on any atom is -0.350 e. The number of hydrogen-bond donors (Lipinski definition) is 1. The van der Waals surface area contributed by atoms with Gasteiger partial charge in [-0.1, -0.05) is 19.8 Å². The maximum absolute atomic E-state index is 5.63. The van der Waals surface area contributed by atoms with Gasteiger partial charge in [-0.05, 0) is 13.5 Å². The summed E-state index contributed by atoms with van der Waals surface area (Å²) in [5.74, 6) is 0. The molecule has 72 valence electrons. The summed E-state index contributed by atoms with van der Waals surface area (Å²) >= 11 is 0. The summed E-state index contributed by atoms with van der Waals surface area (Å²) < 4.78 is 5.63. The van der Waals surface area contributed by atoms with Gasteiger partial charge in [0.1, 0.15) is 0 Å². The summed E-state index contributed by atoms with van der Waals surface area (Å²) in [4.78, 5) is 2.20. The average Bonchev–Trinajstić information content (AvgIpc) is 2.46. The summed E-state index contributed by atoms with van der Waals surface area (Å²) in [5.41, 5.74) is 0. The van der Waals surface area contributed by atoms with E-state index in [1.807, 2.05) is 0 Å². The molecule has 0 amide bonds. The molecule has 1 rings (SSSR count). The molecular formula is C9H20N2O. The van der Waals surface area contributed by atoms with Crippen LogP contribution in [0.25, 0.3) is 0 Å². The lowest BCUT2D eigenvalue weighted by Gasteiger charge is -2.19. The lowest BCUT2D eigenvalue weighted by Crippen LogP contribution is -2.35. The SMILES string of the molecule is CCCCCOC1NCCN1C. The maximum Gasteiger partial charge on any atom is 0.165 e. The molecule has 1 N–H and O–H groups in total. The average molecular weight is 172 g/mol. The van der Waals surface area contributed by atoms with Gasteiger partial charge in [-0.2, -0.15) is 0 Å². The van der Waals surface area contributed by atoms with Crippen LogP contribution in [0.3, 0.4) is 0 Å². The van der Waals surface area contributed by atoms with Crippen LogP contribution in [-0.2, 0) is 4.74 Å². The van der Waals surface area contributed by atoms with Crippen molar-refractivity contribution in [1.82, 2.24) is 10.2 Å². The number of hydrogen-bond acceptors (Lipinski definition) is 3. The summed E-state index contributed by atoms with van der Waals surface area (Å²) in [7, 11) is 2.09. The molecule has 0 saturated carbocycles. The molecular weight excluding hydrogens is 152 g/mol. The van der Waals surface area contributed by atoms with Gasteiger partial charge in [0.25, 0.3) is 0 Å². The standard InChI is InChI=1S/C9H20N2O/c1-3-4-5-8-12-9-10-6-7-11(9)2/h9-10H,3-8H2,1-2H3. The highest BCUT2D eigenvalue weighted by molar-refractivity contribution is 4.66. The molecule has 1 heterocycles. The number of ether oxygens (including phenoxy) is 1. The van der Waals surface area contributed by atoms with Crippen molar-refractivity contribution in [2.75, 3.05) is 26.7 Å². The smallest absolute Gasteiger partial charge is 0.165 e. The maximum atomic E-state index is 5.63. The first-order valence-corrected chi connectivity index (χ1v) is 4.90. The molecule has 3 heteroatoms. The number of unbranched alkanes of at least 4 members (excludes halogenated alkanes) is 2. The molecule has 1 aliphatic rings. The number of nitrogens with zero attached hydrogens (tertiary/aromatic N) is 1. The zero-order valence-electron chi connectivity index (χ0n) is 8.18. The minimum absolute atomic E-state index is 0.168. The molecule has 0 aromatic carbocycles. The van der Waals surface area contributed by atoms with Gasteiger partial charge in [-0.3, -0.25) is 10.2 Å². The van der Waals surface area contributed by atoms with E-state index in [0.717, 1.165) is 19.7 Å². The molecule has 1 saturated heterocycles. The van der Waals surface area contributed by atoms with Gasteiger partial charge in [-0.15, -0.1) is 0 Å². The first-order valence-electron chi connectivity index (χ1n) is 4.90. The molecule has 0 aromatic heterocycles. The fourth-order valence-electron chi connectivity index (χ4n) is 1.37. The fraction of sp³-hybridized carbons (Fsp3) is 1.00. The van der Waals surface area contributed by atoms with E-state index in [9.17, 15) is 0 Å². The van der Waals surface area contributed by atoms with E-state index in [1.165, 1.54) is 19.3 Å². The molecule has 0 aromatic rings. The number of rotatable bonds is 5. The van der Waals surface area contributed by atoms with Crippen molar-refractivity contribution in [2.24, 2.45) is 0 Å². The highest BCUT2D eigenvalue weighted by atomic mass is 16.5. The van der Waals surface area contributed by atoms with Gasteiger partial charge in [0.05, 0.1) is 6.61 Å². The third-order valence-electron chi connectivity index (χ3n) is 2.21. The first-order chi connectivity index (χ1) is 5.84. The zero-order valence-corrected chi connectivity index (χ0v) is 8.18. The Labute approximate surface area is 75.1 Å². The van der Waals surface area contributed by atoms with Crippen molar-refractivity contribution in [3.8, 4) is 0 Å². The Hall–Kier alpha value is -0.120. The number of nitrogens with one attached hydrogen (secondary N) is 1. The quantitative estimate of drug-likeness (QED) is 0.626. The van der Waals surface area contributed by atoms with Gasteiger partial charge < -0.3 is 4.74 Å². The Morgan fingerprint density at radius 3 is 2.92 bits per heavy atom. The second-order valence-electron chi connectivity index (χ2n) is 3.36. The second-order valence-corrected chi connectivity index (χ2v) is 3.36. The van der Waals surface area contributed by atoms with Crippen LogP contribution in [0.15, 0.2) is 0 Å². The second kappa shape index (κ2) is 5.51. The van der Waals surface area contributed by atoms with Crippen molar-refractivity contribution in [1.29, 1.82) is 0 Å². The third-order valence-corrected chi connectivity index (χ3v) is 2.21. The third kappa shape index (κ3) is 3.09. The van der Waals surface area contributed by atoms with E-state index in [0.29, 0.717) is 0 Å². The summed E-state index contributed by atoms with van der Waals surface area (Å²) in [6.07, 6.45) is 3.89. The lowest BCUT2D eigenvalue weighted by molar-refractivity contribution is -0.0385. The predicted octanol–water partition coefficient (Wildman–Crippen LogP) is 1.01. The highest BCUT2D eigenvalue weighted by Gasteiger charge is 2.19. The normalized spacial score (nSPS) is 25.0. The van der Waals surface area contributed by atoms with Crippen molar-refractivity contribution in [2.45, 2.75) is 32.5 Å². The fourth-order valence-corrected chi connectivity index (χ4v) is 1.37. The molecule has 0 spiro atoms. The Morgan fingerprint density at radius 1 is 1.50 bits per heavy atom. The van der Waals surface area contributed by atoms with Crippen LogP contribution >= 0.6 is 0 Å². The first kappa shape index (κ1) is 9.96. The van der Waals surface area contributed by atoms with Crippen LogP contribution in [0, 0.1) is 0 Å². The van der Waals surface area contributed by atoms with Gasteiger partial charge in [0.15, 0.2) is 6.35 Å². The molecule has 1 fully saturated rings. The summed E-state index contributed by atoms with van der Waals surface area (Å²) in [6, 6.07) is 0. The summed E-state index contributed by atoms with van der Waals surface area (Å²) in [6.45, 7) is 5.24. The van der Waals surface area contributed by atoms with E-state index in [2.05, 4.69) is 24.2 Å². The van der Waals surface area contributed by atoms with Crippen LogP contribution in [-0.4, -0.2) is 38.0 Å². The lowest BCUT2D eigenvalue weighted by atomic mass is 10.3. The highest BCUT2D eigenvalue weighted by Crippen LogP contribution is 2.03. The monoisotopic (exact) mass is 172 g/mol. The van der Waals surface area contributed by atoms with E-state index >= 15 is 0 Å². The Morgan fingerprint density at radius 2 is 2.33 bits per heavy atom. The predicted molar refractivity (Wildman–Crippen MR) is 49.9 cm³/mol. The van der Waals surface area contributed by atoms with E-state index in [4.69, 9.17) is 4.74 Å². The van der Waals surface area contributed by atoms with Crippen LogP contribution in [0.4, 0.5) is 0 Å². The van der Waals surface area contributed by atoms with Gasteiger partial charge in [-0.25, -0.2) is 0 Å². The van der Waals surface area contributed by atoms with Crippen LogP contribution in [0.2, 0.25) is 0 Å². The van der Waals surface area contributed by atoms with Gasteiger partial charge >= 0.3 is 0 Å². The van der Waals surface area contributed by atoms with E-state index in [-0.39, 0.29) is 6.35 Å². The zero-order chi connectivity index (χ0) is 8.81. The van der Waals surface area contributed by atoms with Crippen molar-refractivity contribution >= 4 is 0 Å². The van der Waals surface area contributed by atoms with E-state index in [1.54, 1.807) is 0 Å². The van der Waals surface area contributed by atoms with Crippen molar-refractivity contribution in [3.63, 3.8) is 0 Å². The van der Waals surface area contributed by atoms with E-state index < -0.39 is 0 Å². The Bertz CT molecular complexity index is 119. The molecule has 0 radical (unpaired) electrons. The Balaban J connectivity index is 1.98. The molecule has 12 heavy (non-hydrogen) atoms. The number of likely N-dealkylation sites (N-methyl/N-ethyl adjacent to an activating group) is 1. The molecule has 3 nitrogen and oxygen atoms in total. The minimum atomic E-state index is 0.168. The van der Waals surface area contributed by atoms with Crippen LogP contribution in [0.5, 0.6) is 0 Å². The van der Waals surface area contributed by atoms with Gasteiger partial charge in [0, 0.05) is 13.1 Å². The largest absolute Gasteiger partial charge is 0.350 e. The van der Waals surface area contributed by atoms with Gasteiger partial charge in [0.2, 0.25) is 0 Å².